The van der Waals surface area contributed by atoms with E-state index in [2.05, 4.69) is 25.9 Å². The predicted octanol–water partition coefficient (Wildman–Crippen LogP) is -1.00. The summed E-state index contributed by atoms with van der Waals surface area (Å²) in [6, 6.07) is -4.57. The molecule has 8 N–H and O–H groups in total. The van der Waals surface area contributed by atoms with Gasteiger partial charge < -0.3 is 36.9 Å². The van der Waals surface area contributed by atoms with Gasteiger partial charge in [0.15, 0.2) is 0 Å². The maximum atomic E-state index is 13.1. The highest BCUT2D eigenvalue weighted by Gasteiger charge is 2.33. The Morgan fingerprint density at radius 3 is 2.26 bits per heavy atom. The number of amides is 3. The van der Waals surface area contributed by atoms with Crippen LogP contribution in [0.4, 0.5) is 0 Å². The van der Waals surface area contributed by atoms with Gasteiger partial charge >= 0.3 is 5.97 Å². The van der Waals surface area contributed by atoms with Gasteiger partial charge in [-0.05, 0) is 31.3 Å². The molecule has 0 fully saturated rings. The van der Waals surface area contributed by atoms with Crippen molar-refractivity contribution < 1.29 is 29.4 Å². The first-order valence-corrected chi connectivity index (χ1v) is 12.4. The smallest absolute Gasteiger partial charge is 0.326 e. The number of carbonyl (C=O) groups is 4. The van der Waals surface area contributed by atoms with E-state index in [4.69, 9.17) is 5.73 Å². The second-order valence-corrected chi connectivity index (χ2v) is 9.15. The summed E-state index contributed by atoms with van der Waals surface area (Å²) in [5.41, 5.74) is 6.54. The summed E-state index contributed by atoms with van der Waals surface area (Å²) in [7, 11) is 0. The number of rotatable bonds is 15. The lowest BCUT2D eigenvalue weighted by Gasteiger charge is -2.27. The Kier molecular flexibility index (Phi) is 12.6. The molecule has 6 unspecified atom stereocenters. The second kappa shape index (κ2) is 14.6. The Bertz CT molecular complexity index is 806. The summed E-state index contributed by atoms with van der Waals surface area (Å²) in [4.78, 5) is 56.6. The van der Waals surface area contributed by atoms with Gasteiger partial charge in [0.05, 0.1) is 18.5 Å². The van der Waals surface area contributed by atoms with Gasteiger partial charge in [0.1, 0.15) is 18.1 Å². The molecular formula is C21H36N6O6S. The minimum Gasteiger partial charge on any atom is -0.480 e. The maximum absolute atomic E-state index is 13.1. The lowest BCUT2D eigenvalue weighted by molar-refractivity contribution is -0.143. The lowest BCUT2D eigenvalue weighted by Crippen LogP contribution is -2.60. The van der Waals surface area contributed by atoms with Crippen LogP contribution in [0, 0.1) is 5.92 Å². The fourth-order valence-corrected chi connectivity index (χ4v) is 3.49. The van der Waals surface area contributed by atoms with Crippen molar-refractivity contribution in [2.75, 3.05) is 12.0 Å². The number of imidazole rings is 1. The monoisotopic (exact) mass is 500 g/mol. The number of carboxylic acids is 1. The van der Waals surface area contributed by atoms with E-state index < -0.39 is 54.0 Å². The van der Waals surface area contributed by atoms with Crippen molar-refractivity contribution in [2.24, 2.45) is 11.7 Å². The second-order valence-electron chi connectivity index (χ2n) is 8.16. The molecule has 1 rings (SSSR count). The molecule has 6 atom stereocenters. The van der Waals surface area contributed by atoms with Crippen LogP contribution in [0.5, 0.6) is 0 Å². The standard InChI is InChI=1S/C21H36N6O6S/c1-5-11(2)16(22)19(30)26-15(8-13-9-23-10-24-13)18(29)27-17(12(3)28)20(31)25-14(21(32)33)6-7-34-4/h9-12,14-17,28H,5-8,22H2,1-4H3,(H,23,24)(H,25,31)(H,26,30)(H,27,29)(H,32,33). The number of nitrogens with two attached hydrogens (primary N) is 1. The summed E-state index contributed by atoms with van der Waals surface area (Å²) in [6.07, 6.45) is 4.26. The summed E-state index contributed by atoms with van der Waals surface area (Å²) in [5, 5.41) is 26.9. The number of hydrogen-bond acceptors (Lipinski definition) is 8. The maximum Gasteiger partial charge on any atom is 0.326 e. The largest absolute Gasteiger partial charge is 0.480 e. The molecule has 13 heteroatoms. The Labute approximate surface area is 203 Å². The quantitative estimate of drug-likeness (QED) is 0.158. The molecule has 0 radical (unpaired) electrons. The third-order valence-corrected chi connectivity index (χ3v) is 6.10. The van der Waals surface area contributed by atoms with Gasteiger partial charge in [-0.15, -0.1) is 0 Å². The van der Waals surface area contributed by atoms with E-state index in [-0.39, 0.29) is 18.8 Å². The van der Waals surface area contributed by atoms with Crippen molar-refractivity contribution in [3.8, 4) is 0 Å². The summed E-state index contributed by atoms with van der Waals surface area (Å²) < 4.78 is 0. The lowest BCUT2D eigenvalue weighted by atomic mass is 9.98. The molecule has 0 aliphatic heterocycles. The van der Waals surface area contributed by atoms with E-state index in [0.717, 1.165) is 0 Å². The molecule has 0 aliphatic rings. The Balaban J connectivity index is 3.01. The molecule has 1 heterocycles. The van der Waals surface area contributed by atoms with Crippen molar-refractivity contribution in [3.63, 3.8) is 0 Å². The Morgan fingerprint density at radius 1 is 1.12 bits per heavy atom. The average molecular weight is 501 g/mol. The zero-order chi connectivity index (χ0) is 25.8. The van der Waals surface area contributed by atoms with Gasteiger partial charge in [-0.2, -0.15) is 11.8 Å². The van der Waals surface area contributed by atoms with Gasteiger partial charge in [-0.25, -0.2) is 9.78 Å². The van der Waals surface area contributed by atoms with Crippen molar-refractivity contribution in [2.45, 2.75) is 70.3 Å². The van der Waals surface area contributed by atoms with Crippen LogP contribution in [0.1, 0.15) is 39.3 Å². The highest BCUT2D eigenvalue weighted by Crippen LogP contribution is 2.08. The Morgan fingerprint density at radius 2 is 1.76 bits per heavy atom. The molecule has 0 saturated heterocycles. The van der Waals surface area contributed by atoms with E-state index >= 15 is 0 Å². The van der Waals surface area contributed by atoms with Crippen LogP contribution in [-0.2, 0) is 25.6 Å². The van der Waals surface area contributed by atoms with Crippen LogP contribution in [0.3, 0.4) is 0 Å². The highest BCUT2D eigenvalue weighted by molar-refractivity contribution is 7.98. The molecule has 0 bridgehead atoms. The molecule has 0 saturated carbocycles. The predicted molar refractivity (Wildman–Crippen MR) is 128 cm³/mol. The summed E-state index contributed by atoms with van der Waals surface area (Å²) in [6.45, 7) is 5.00. The number of aromatic nitrogens is 2. The van der Waals surface area contributed by atoms with Crippen LogP contribution in [0.25, 0.3) is 0 Å². The summed E-state index contributed by atoms with van der Waals surface area (Å²) in [5.74, 6) is -2.97. The van der Waals surface area contributed by atoms with E-state index in [9.17, 15) is 29.4 Å². The number of nitrogens with zero attached hydrogens (tertiary/aromatic N) is 1. The zero-order valence-electron chi connectivity index (χ0n) is 19.9. The van der Waals surface area contributed by atoms with Gasteiger partial charge in [0.2, 0.25) is 17.7 Å². The third kappa shape index (κ3) is 9.31. The average Bonchev–Trinajstić information content (AvgIpc) is 3.30. The molecule has 12 nitrogen and oxygen atoms in total. The topological polar surface area (TPSA) is 200 Å². The SMILES string of the molecule is CCC(C)C(N)C(=O)NC(Cc1cnc[nH]1)C(=O)NC(C(=O)NC(CCSC)C(=O)O)C(C)O. The van der Waals surface area contributed by atoms with Crippen molar-refractivity contribution in [1.82, 2.24) is 25.9 Å². The van der Waals surface area contributed by atoms with Crippen LogP contribution < -0.4 is 21.7 Å². The number of carbonyl (C=O) groups excluding carboxylic acids is 3. The van der Waals surface area contributed by atoms with Crippen molar-refractivity contribution >= 4 is 35.5 Å². The number of aliphatic hydroxyl groups is 1. The van der Waals surface area contributed by atoms with Crippen molar-refractivity contribution in [3.05, 3.63) is 18.2 Å². The molecule has 1 aromatic rings. The number of H-pyrrole nitrogens is 1. The first-order chi connectivity index (χ1) is 16.0. The fourth-order valence-electron chi connectivity index (χ4n) is 3.02. The minimum atomic E-state index is -1.44. The third-order valence-electron chi connectivity index (χ3n) is 5.46. The minimum absolute atomic E-state index is 0.0322. The number of carboxylic acid groups (broad SMARTS) is 1. The van der Waals surface area contributed by atoms with Crippen LogP contribution >= 0.6 is 11.8 Å². The highest BCUT2D eigenvalue weighted by atomic mass is 32.2. The summed E-state index contributed by atoms with van der Waals surface area (Å²) >= 11 is 1.42. The van der Waals surface area contributed by atoms with E-state index in [0.29, 0.717) is 17.9 Å². The molecule has 3 amide bonds. The molecular weight excluding hydrogens is 464 g/mol. The number of hydrogen-bond donors (Lipinski definition) is 7. The van der Waals surface area contributed by atoms with Gasteiger partial charge in [0.25, 0.3) is 0 Å². The van der Waals surface area contributed by atoms with Gasteiger partial charge in [-0.3, -0.25) is 14.4 Å². The molecule has 192 valence electrons. The normalized spacial score (nSPS) is 16.4. The molecule has 0 aromatic carbocycles. The molecule has 0 spiro atoms. The number of aliphatic hydroxyl groups excluding tert-OH is 1. The van der Waals surface area contributed by atoms with Crippen LogP contribution in [0.15, 0.2) is 12.5 Å². The number of aliphatic carboxylic acids is 1. The van der Waals surface area contributed by atoms with Crippen LogP contribution in [0.2, 0.25) is 0 Å². The fraction of sp³-hybridized carbons (Fsp3) is 0.667. The van der Waals surface area contributed by atoms with Crippen LogP contribution in [-0.4, -0.2) is 86.2 Å². The number of aromatic amines is 1. The Hall–Kier alpha value is -2.64. The first-order valence-electron chi connectivity index (χ1n) is 11.0. The van der Waals surface area contributed by atoms with E-state index in [1.54, 1.807) is 6.26 Å². The number of nitrogens with one attached hydrogen (secondary N) is 4. The van der Waals surface area contributed by atoms with E-state index in [1.165, 1.54) is 31.2 Å². The van der Waals surface area contributed by atoms with Gasteiger partial charge in [0, 0.05) is 18.3 Å². The van der Waals surface area contributed by atoms with Crippen molar-refractivity contribution in [1.29, 1.82) is 0 Å². The van der Waals surface area contributed by atoms with E-state index in [1.807, 2.05) is 13.8 Å². The molecule has 1 aromatic heterocycles. The van der Waals surface area contributed by atoms with Gasteiger partial charge in [-0.1, -0.05) is 20.3 Å². The first kappa shape index (κ1) is 29.4. The zero-order valence-corrected chi connectivity index (χ0v) is 20.7. The molecule has 34 heavy (non-hydrogen) atoms. The molecule has 0 aliphatic carbocycles. The number of thioether (sulfide) groups is 1.